The van der Waals surface area contributed by atoms with Crippen LogP contribution in [0, 0.1) is 13.8 Å². The molecule has 3 atom stereocenters. The van der Waals surface area contributed by atoms with E-state index in [0.717, 1.165) is 11.1 Å². The summed E-state index contributed by atoms with van der Waals surface area (Å²) < 4.78 is 9.97. The molecule has 4 N–H and O–H groups in total. The van der Waals surface area contributed by atoms with Crippen molar-refractivity contribution in [2.45, 2.75) is 91.5 Å². The highest BCUT2D eigenvalue weighted by Crippen LogP contribution is 2.30. The first kappa shape index (κ1) is 32.4. The Morgan fingerprint density at radius 1 is 1.11 bits per heavy atom. The van der Waals surface area contributed by atoms with Crippen molar-refractivity contribution in [3.8, 4) is 0 Å². The van der Waals surface area contributed by atoms with Crippen LogP contribution in [0.1, 0.15) is 76.6 Å². The normalized spacial score (nSPS) is 13.5. The summed E-state index contributed by atoms with van der Waals surface area (Å²) in [4.78, 5) is 65.0. The molecule has 1 aromatic rings. The molecular formula is C27H42N4O7. The largest absolute Gasteiger partial charge is 0.468 e. The summed E-state index contributed by atoms with van der Waals surface area (Å²) in [5.41, 5.74) is 6.77. The van der Waals surface area contributed by atoms with Crippen LogP contribution in [0.5, 0.6) is 0 Å². The number of hydrogen-bond acceptors (Lipinski definition) is 7. The number of nitrogens with zero attached hydrogens (tertiary/aromatic N) is 1. The molecule has 0 aliphatic heterocycles. The van der Waals surface area contributed by atoms with E-state index in [4.69, 9.17) is 10.5 Å². The van der Waals surface area contributed by atoms with Crippen LogP contribution in [0.4, 0.5) is 4.79 Å². The van der Waals surface area contributed by atoms with Gasteiger partial charge in [-0.05, 0) is 71.1 Å². The molecular weight excluding hydrogens is 492 g/mol. The van der Waals surface area contributed by atoms with Crippen molar-refractivity contribution >= 4 is 29.8 Å². The molecule has 0 heterocycles. The molecule has 0 bridgehead atoms. The quantitative estimate of drug-likeness (QED) is 0.348. The second kappa shape index (κ2) is 14.3. The average molecular weight is 535 g/mol. The number of rotatable bonds is 12. The Kier molecular flexibility index (Phi) is 12.2. The van der Waals surface area contributed by atoms with Gasteiger partial charge in [0.05, 0.1) is 7.11 Å². The number of amides is 4. The van der Waals surface area contributed by atoms with Crippen LogP contribution >= 0.6 is 0 Å². The minimum absolute atomic E-state index is 0.0936. The predicted molar refractivity (Wildman–Crippen MR) is 142 cm³/mol. The minimum Gasteiger partial charge on any atom is -0.468 e. The summed E-state index contributed by atoms with van der Waals surface area (Å²) in [5.74, 6) is -2.48. The van der Waals surface area contributed by atoms with Crippen molar-refractivity contribution in [2.75, 3.05) is 13.7 Å². The van der Waals surface area contributed by atoms with Gasteiger partial charge >= 0.3 is 12.1 Å². The number of benzene rings is 1. The third-order valence-corrected chi connectivity index (χ3v) is 6.09. The number of methoxy groups -OCH3 is 1. The van der Waals surface area contributed by atoms with E-state index in [1.165, 1.54) is 12.0 Å². The van der Waals surface area contributed by atoms with Crippen LogP contribution in [0.25, 0.3) is 0 Å². The summed E-state index contributed by atoms with van der Waals surface area (Å²) in [7, 11) is 1.21. The Hall–Kier alpha value is -3.63. The Labute approximate surface area is 224 Å². The van der Waals surface area contributed by atoms with Gasteiger partial charge in [-0.3, -0.25) is 19.2 Å². The average Bonchev–Trinajstić information content (AvgIpc) is 2.83. The van der Waals surface area contributed by atoms with Crippen LogP contribution in [0.15, 0.2) is 18.2 Å². The lowest BCUT2D eigenvalue weighted by molar-refractivity contribution is -0.146. The van der Waals surface area contributed by atoms with Gasteiger partial charge < -0.3 is 30.7 Å². The number of esters is 1. The molecule has 0 spiro atoms. The fourth-order valence-electron chi connectivity index (χ4n) is 3.78. The number of primary amides is 1. The number of aryl methyl sites for hydroxylation is 1. The first-order valence-electron chi connectivity index (χ1n) is 12.6. The molecule has 38 heavy (non-hydrogen) atoms. The Morgan fingerprint density at radius 3 is 2.26 bits per heavy atom. The number of carbonyl (C=O) groups is 5. The van der Waals surface area contributed by atoms with E-state index in [-0.39, 0.29) is 19.4 Å². The van der Waals surface area contributed by atoms with Crippen LogP contribution in [0.3, 0.4) is 0 Å². The lowest BCUT2D eigenvalue weighted by atomic mass is 9.93. The molecule has 0 saturated heterocycles. The lowest BCUT2D eigenvalue weighted by Gasteiger charge is -2.38. The van der Waals surface area contributed by atoms with E-state index in [1.807, 2.05) is 26.8 Å². The van der Waals surface area contributed by atoms with Gasteiger partial charge in [0.2, 0.25) is 17.7 Å². The first-order chi connectivity index (χ1) is 17.6. The van der Waals surface area contributed by atoms with Gasteiger partial charge in [-0.2, -0.15) is 0 Å². The lowest BCUT2D eigenvalue weighted by Crippen LogP contribution is -2.56. The van der Waals surface area contributed by atoms with Gasteiger partial charge in [-0.15, -0.1) is 0 Å². The molecule has 0 aromatic heterocycles. The molecule has 0 fully saturated rings. The summed E-state index contributed by atoms with van der Waals surface area (Å²) in [6.07, 6.45) is -0.637. The van der Waals surface area contributed by atoms with Gasteiger partial charge in [-0.25, -0.2) is 4.79 Å². The number of alkyl carbamates (subject to hydrolysis) is 1. The summed E-state index contributed by atoms with van der Waals surface area (Å²) in [6, 6.07) is 2.60. The highest BCUT2D eigenvalue weighted by molar-refractivity contribution is 5.94. The highest BCUT2D eigenvalue weighted by atomic mass is 16.6. The van der Waals surface area contributed by atoms with Gasteiger partial charge in [0.15, 0.2) is 0 Å². The number of ether oxygens (including phenoxy) is 2. The summed E-state index contributed by atoms with van der Waals surface area (Å²) in [5, 5.41) is 5.11. The summed E-state index contributed by atoms with van der Waals surface area (Å²) >= 11 is 0. The maximum Gasteiger partial charge on any atom is 0.408 e. The van der Waals surface area contributed by atoms with E-state index in [9.17, 15) is 24.0 Å². The zero-order chi connectivity index (χ0) is 29.2. The minimum atomic E-state index is -1.20. The zero-order valence-electron chi connectivity index (χ0n) is 23.7. The van der Waals surface area contributed by atoms with Crippen molar-refractivity contribution < 1.29 is 33.4 Å². The molecule has 11 heteroatoms. The Bertz CT molecular complexity index is 1020. The van der Waals surface area contributed by atoms with Crippen molar-refractivity contribution in [3.63, 3.8) is 0 Å². The number of nitrogens with one attached hydrogen (secondary N) is 2. The number of carbonyl (C=O) groups excluding carboxylic acids is 5. The van der Waals surface area contributed by atoms with Crippen LogP contribution in [0.2, 0.25) is 0 Å². The van der Waals surface area contributed by atoms with Crippen LogP contribution in [-0.4, -0.2) is 66.0 Å². The Balaban J connectivity index is 3.62. The van der Waals surface area contributed by atoms with E-state index in [0.29, 0.717) is 12.0 Å². The van der Waals surface area contributed by atoms with Gasteiger partial charge in [0.25, 0.3) is 0 Å². The molecule has 0 aliphatic rings. The maximum absolute atomic E-state index is 14.1. The smallest absolute Gasteiger partial charge is 0.408 e. The third-order valence-electron chi connectivity index (χ3n) is 6.09. The molecule has 0 aliphatic carbocycles. The Morgan fingerprint density at radius 2 is 1.74 bits per heavy atom. The van der Waals surface area contributed by atoms with E-state index in [1.54, 1.807) is 39.8 Å². The maximum atomic E-state index is 14.1. The molecule has 0 saturated carbocycles. The van der Waals surface area contributed by atoms with Gasteiger partial charge in [0, 0.05) is 12.5 Å². The SMILES string of the molecule is CCC(C)N(C(=O)C(CCC(N)=O)NC(=O)OC(C)(C)C)C(C(=O)NCC(=O)OC)c1cccc(C)c1C. The third kappa shape index (κ3) is 9.68. The van der Waals surface area contributed by atoms with Crippen molar-refractivity contribution in [3.05, 3.63) is 34.9 Å². The monoisotopic (exact) mass is 534 g/mol. The highest BCUT2D eigenvalue weighted by Gasteiger charge is 2.39. The fourth-order valence-corrected chi connectivity index (χ4v) is 3.78. The van der Waals surface area contributed by atoms with Crippen molar-refractivity contribution in [2.24, 2.45) is 5.73 Å². The second-order valence-corrected chi connectivity index (χ2v) is 10.2. The first-order valence-corrected chi connectivity index (χ1v) is 12.6. The number of hydrogen-bond donors (Lipinski definition) is 3. The zero-order valence-corrected chi connectivity index (χ0v) is 23.7. The molecule has 4 amide bonds. The predicted octanol–water partition coefficient (Wildman–Crippen LogP) is 2.42. The molecule has 1 rings (SSSR count). The van der Waals surface area contributed by atoms with E-state index < -0.39 is 53.5 Å². The van der Waals surface area contributed by atoms with Gasteiger partial charge in [-0.1, -0.05) is 25.1 Å². The van der Waals surface area contributed by atoms with Gasteiger partial charge in [0.1, 0.15) is 24.2 Å². The van der Waals surface area contributed by atoms with Crippen LogP contribution in [-0.2, 0) is 28.7 Å². The molecule has 1 aromatic carbocycles. The topological polar surface area (TPSA) is 157 Å². The van der Waals surface area contributed by atoms with E-state index in [2.05, 4.69) is 15.4 Å². The molecule has 212 valence electrons. The van der Waals surface area contributed by atoms with E-state index >= 15 is 0 Å². The summed E-state index contributed by atoms with van der Waals surface area (Å²) in [6.45, 7) is 12.0. The van der Waals surface area contributed by atoms with Crippen LogP contribution < -0.4 is 16.4 Å². The fraction of sp³-hybridized carbons (Fsp3) is 0.593. The standard InChI is InChI=1S/C27H42N4O7/c1-9-17(3)31(25(35)20(13-14-21(28)32)30-26(36)38-27(5,6)7)23(24(34)29-15-22(33)37-8)19-12-10-11-16(2)18(19)4/h10-12,17,20,23H,9,13-15H2,1-8H3,(H2,28,32)(H,29,34)(H,30,36). The van der Waals surface area contributed by atoms with Crippen molar-refractivity contribution in [1.82, 2.24) is 15.5 Å². The molecule has 11 nitrogen and oxygen atoms in total. The second-order valence-electron chi connectivity index (χ2n) is 10.2. The molecule has 3 unspecified atom stereocenters. The van der Waals surface area contributed by atoms with Crippen molar-refractivity contribution in [1.29, 1.82) is 0 Å². The number of nitrogens with two attached hydrogens (primary N) is 1. The molecule has 0 radical (unpaired) electrons.